The van der Waals surface area contributed by atoms with Crippen LogP contribution in [0, 0.1) is 5.92 Å². The van der Waals surface area contributed by atoms with Crippen molar-refractivity contribution in [2.24, 2.45) is 5.92 Å². The molecule has 0 spiro atoms. The van der Waals surface area contributed by atoms with E-state index in [1.54, 1.807) is 0 Å². The Labute approximate surface area is 162 Å². The highest BCUT2D eigenvalue weighted by atomic mass is 35.5. The van der Waals surface area contributed by atoms with Gasteiger partial charge >= 0.3 is 0 Å². The minimum Gasteiger partial charge on any atom is -0.379 e. The third-order valence-corrected chi connectivity index (χ3v) is 7.29. The lowest BCUT2D eigenvalue weighted by molar-refractivity contribution is 0.0172. The van der Waals surface area contributed by atoms with E-state index < -0.39 is 10.0 Å². The highest BCUT2D eigenvalue weighted by Gasteiger charge is 2.27. The first-order valence-electron chi connectivity index (χ1n) is 9.59. The number of ether oxygens (including phenoxy) is 1. The summed E-state index contributed by atoms with van der Waals surface area (Å²) in [6, 6.07) is 7.62. The molecule has 0 aromatic heterocycles. The quantitative estimate of drug-likeness (QED) is 0.763. The van der Waals surface area contributed by atoms with Gasteiger partial charge in [-0.05, 0) is 30.4 Å². The lowest BCUT2D eigenvalue weighted by atomic mass is 9.91. The van der Waals surface area contributed by atoms with E-state index in [-0.39, 0.29) is 11.8 Å². The fraction of sp³-hybridized carbons (Fsp3) is 0.684. The number of hydrogen-bond acceptors (Lipinski definition) is 4. The fourth-order valence-corrected chi connectivity index (χ4v) is 5.74. The summed E-state index contributed by atoms with van der Waals surface area (Å²) in [4.78, 5) is 2.26. The molecule has 26 heavy (non-hydrogen) atoms. The average molecular weight is 401 g/mol. The Hall–Kier alpha value is -0.660. The molecule has 1 aromatic rings. The van der Waals surface area contributed by atoms with Crippen LogP contribution in [0.5, 0.6) is 0 Å². The van der Waals surface area contributed by atoms with Crippen LogP contribution >= 0.6 is 11.6 Å². The zero-order valence-electron chi connectivity index (χ0n) is 15.2. The number of hydrogen-bond donors (Lipinski definition) is 1. The third kappa shape index (κ3) is 5.67. The van der Waals surface area contributed by atoms with Gasteiger partial charge in [-0.15, -0.1) is 0 Å². The van der Waals surface area contributed by atoms with Gasteiger partial charge in [-0.25, -0.2) is 13.1 Å². The minimum absolute atomic E-state index is 0.0752. The summed E-state index contributed by atoms with van der Waals surface area (Å²) in [5.41, 5.74) is 0.969. The molecule has 1 saturated heterocycles. The number of halogens is 1. The molecule has 1 N–H and O–H groups in total. The van der Waals surface area contributed by atoms with Gasteiger partial charge in [0.25, 0.3) is 0 Å². The Morgan fingerprint density at radius 2 is 1.85 bits per heavy atom. The maximum absolute atomic E-state index is 12.6. The molecule has 1 aliphatic heterocycles. The molecule has 2 aliphatic rings. The van der Waals surface area contributed by atoms with Gasteiger partial charge in [0.2, 0.25) is 10.0 Å². The maximum atomic E-state index is 12.6. The first-order chi connectivity index (χ1) is 12.6. The number of sulfonamides is 1. The van der Waals surface area contributed by atoms with Gasteiger partial charge in [0, 0.05) is 30.7 Å². The highest BCUT2D eigenvalue weighted by molar-refractivity contribution is 7.89. The molecular formula is C19H29ClN2O3S. The first-order valence-corrected chi connectivity index (χ1v) is 11.6. The molecule has 1 saturated carbocycles. The monoisotopic (exact) mass is 400 g/mol. The van der Waals surface area contributed by atoms with E-state index in [4.69, 9.17) is 16.3 Å². The van der Waals surface area contributed by atoms with Gasteiger partial charge in [-0.1, -0.05) is 49.1 Å². The number of benzene rings is 1. The molecular weight excluding hydrogens is 372 g/mol. The summed E-state index contributed by atoms with van der Waals surface area (Å²) < 4.78 is 33.5. The van der Waals surface area contributed by atoms with Crippen molar-refractivity contribution < 1.29 is 13.2 Å². The number of nitrogens with zero attached hydrogens (tertiary/aromatic N) is 1. The lowest BCUT2D eigenvalue weighted by Crippen LogP contribution is -2.44. The first kappa shape index (κ1) is 20.1. The number of rotatable bonds is 7. The van der Waals surface area contributed by atoms with E-state index in [1.165, 1.54) is 6.42 Å². The van der Waals surface area contributed by atoms with Crippen LogP contribution in [-0.2, 0) is 14.8 Å². The van der Waals surface area contributed by atoms with Crippen LogP contribution in [0.1, 0.15) is 43.7 Å². The molecule has 0 amide bonds. The Morgan fingerprint density at radius 3 is 2.54 bits per heavy atom. The van der Waals surface area contributed by atoms with Crippen LogP contribution in [0.4, 0.5) is 0 Å². The second-order valence-corrected chi connectivity index (χ2v) is 9.58. The Kier molecular flexibility index (Phi) is 7.35. The van der Waals surface area contributed by atoms with E-state index in [2.05, 4.69) is 9.62 Å². The second-order valence-electron chi connectivity index (χ2n) is 7.32. The van der Waals surface area contributed by atoms with Gasteiger partial charge in [0.1, 0.15) is 0 Å². The smallest absolute Gasteiger partial charge is 0.211 e. The van der Waals surface area contributed by atoms with E-state index in [0.717, 1.165) is 44.3 Å². The predicted molar refractivity (Wildman–Crippen MR) is 105 cm³/mol. The molecule has 0 bridgehead atoms. The molecule has 146 valence electrons. The van der Waals surface area contributed by atoms with Gasteiger partial charge in [0.05, 0.1) is 19.0 Å². The van der Waals surface area contributed by atoms with E-state index in [9.17, 15) is 8.42 Å². The zero-order chi connectivity index (χ0) is 18.4. The van der Waals surface area contributed by atoms with Crippen molar-refractivity contribution in [2.75, 3.05) is 38.6 Å². The normalized spacial score (nSPS) is 21.6. The molecule has 2 fully saturated rings. The van der Waals surface area contributed by atoms with Crippen LogP contribution in [0.3, 0.4) is 0 Å². The van der Waals surface area contributed by atoms with Crippen LogP contribution in [0.25, 0.3) is 0 Å². The molecule has 1 aromatic carbocycles. The van der Waals surface area contributed by atoms with Gasteiger partial charge in [-0.2, -0.15) is 0 Å². The molecule has 7 heteroatoms. The molecule has 5 nitrogen and oxygen atoms in total. The molecule has 1 atom stereocenters. The number of morpholine rings is 1. The second kappa shape index (κ2) is 9.51. The molecule has 1 unspecified atom stereocenters. The van der Waals surface area contributed by atoms with Crippen LogP contribution in [0.15, 0.2) is 24.3 Å². The Balaban J connectivity index is 1.68. The Morgan fingerprint density at radius 1 is 1.15 bits per heavy atom. The predicted octanol–water partition coefficient (Wildman–Crippen LogP) is 3.21. The standard InChI is InChI=1S/C19H29ClN2O3S/c20-18-9-5-4-8-17(18)19(22-10-12-25-13-11-22)14-21-26(23,24)15-16-6-2-1-3-7-16/h4-5,8-9,16,19,21H,1-3,6-7,10-15H2. The summed E-state index contributed by atoms with van der Waals surface area (Å²) >= 11 is 6.41. The Bertz CT molecular complexity index is 671. The minimum atomic E-state index is -3.29. The molecule has 1 heterocycles. The topological polar surface area (TPSA) is 58.6 Å². The van der Waals surface area contributed by atoms with E-state index in [1.807, 2.05) is 24.3 Å². The van der Waals surface area contributed by atoms with Crippen molar-refractivity contribution in [3.63, 3.8) is 0 Å². The van der Waals surface area contributed by atoms with Crippen molar-refractivity contribution in [1.82, 2.24) is 9.62 Å². The lowest BCUT2D eigenvalue weighted by Gasteiger charge is -2.35. The average Bonchev–Trinajstić information content (AvgIpc) is 2.64. The van der Waals surface area contributed by atoms with Gasteiger partial charge in [0.15, 0.2) is 0 Å². The highest BCUT2D eigenvalue weighted by Crippen LogP contribution is 2.28. The third-order valence-electron chi connectivity index (χ3n) is 5.43. The summed E-state index contributed by atoms with van der Waals surface area (Å²) in [5.74, 6) is 0.536. The van der Waals surface area contributed by atoms with E-state index >= 15 is 0 Å². The summed E-state index contributed by atoms with van der Waals surface area (Å²) in [6.45, 7) is 3.23. The summed E-state index contributed by atoms with van der Waals surface area (Å²) in [5, 5.41) is 0.676. The number of nitrogens with one attached hydrogen (secondary N) is 1. The van der Waals surface area contributed by atoms with Crippen molar-refractivity contribution in [2.45, 2.75) is 38.1 Å². The van der Waals surface area contributed by atoms with Gasteiger partial charge in [-0.3, -0.25) is 4.90 Å². The van der Waals surface area contributed by atoms with Crippen molar-refractivity contribution in [3.05, 3.63) is 34.9 Å². The summed E-state index contributed by atoms with van der Waals surface area (Å²) in [6.07, 6.45) is 5.58. The van der Waals surface area contributed by atoms with Crippen molar-refractivity contribution in [3.8, 4) is 0 Å². The zero-order valence-corrected chi connectivity index (χ0v) is 16.8. The van der Waals surface area contributed by atoms with Crippen LogP contribution in [-0.4, -0.2) is 51.9 Å². The van der Waals surface area contributed by atoms with E-state index in [0.29, 0.717) is 30.7 Å². The van der Waals surface area contributed by atoms with Crippen molar-refractivity contribution >= 4 is 21.6 Å². The van der Waals surface area contributed by atoms with Crippen LogP contribution in [0.2, 0.25) is 5.02 Å². The fourth-order valence-electron chi connectivity index (χ4n) is 4.00. The summed E-state index contributed by atoms with van der Waals surface area (Å²) in [7, 11) is -3.29. The maximum Gasteiger partial charge on any atom is 0.211 e. The molecule has 3 rings (SSSR count). The van der Waals surface area contributed by atoms with Crippen LogP contribution < -0.4 is 4.72 Å². The van der Waals surface area contributed by atoms with Gasteiger partial charge < -0.3 is 4.74 Å². The molecule has 0 radical (unpaired) electrons. The molecule has 1 aliphatic carbocycles. The van der Waals surface area contributed by atoms with Crippen molar-refractivity contribution in [1.29, 1.82) is 0 Å². The largest absolute Gasteiger partial charge is 0.379 e. The SMILES string of the molecule is O=S(=O)(CC1CCCCC1)NCC(c1ccccc1Cl)N1CCOCC1.